The highest BCUT2D eigenvalue weighted by Crippen LogP contribution is 2.53. The van der Waals surface area contributed by atoms with Crippen LogP contribution >= 0.6 is 0 Å². The van der Waals surface area contributed by atoms with Crippen LogP contribution in [0.25, 0.3) is 11.3 Å². The van der Waals surface area contributed by atoms with E-state index in [0.717, 1.165) is 10.9 Å². The third-order valence-corrected chi connectivity index (χ3v) is 9.12. The van der Waals surface area contributed by atoms with Gasteiger partial charge in [0.1, 0.15) is 17.8 Å². The van der Waals surface area contributed by atoms with Crippen LogP contribution in [0.1, 0.15) is 44.7 Å². The number of aryl methyl sites for hydroxylation is 1. The van der Waals surface area contributed by atoms with Crippen LogP contribution in [0.3, 0.4) is 0 Å². The van der Waals surface area contributed by atoms with Gasteiger partial charge < -0.3 is 49.5 Å². The maximum Gasteiger partial charge on any atom is 0.333 e. The van der Waals surface area contributed by atoms with Crippen LogP contribution < -0.4 is 15.6 Å². The first-order valence-electron chi connectivity index (χ1n) is 14.2. The Morgan fingerprint density at radius 1 is 1.31 bits per heavy atom. The molecule has 1 spiro atoms. The number of carboxylic acid groups (broad SMARTS) is 1. The first-order chi connectivity index (χ1) is 20.1. The maximum absolute atomic E-state index is 12.4. The number of hydrogen-bond donors (Lipinski definition) is 5. The lowest BCUT2D eigenvalue weighted by atomic mass is 9.63. The van der Waals surface area contributed by atoms with Crippen LogP contribution in [0, 0.1) is 11.8 Å². The number of hydrogen-bond acceptors (Lipinski definition) is 10. The minimum absolute atomic E-state index is 0.0338. The normalized spacial score (nSPS) is 35.4. The highest BCUT2D eigenvalue weighted by Gasteiger charge is 2.69. The van der Waals surface area contributed by atoms with Crippen molar-refractivity contribution in [2.24, 2.45) is 11.8 Å². The average Bonchev–Trinajstić information content (AvgIpc) is 3.41. The molecule has 42 heavy (non-hydrogen) atoms. The van der Waals surface area contributed by atoms with E-state index in [1.165, 1.54) is 13.2 Å². The van der Waals surface area contributed by atoms with Gasteiger partial charge in [0.15, 0.2) is 11.9 Å². The van der Waals surface area contributed by atoms with Crippen LogP contribution in [0.5, 0.6) is 0 Å². The second kappa shape index (κ2) is 11.6. The van der Waals surface area contributed by atoms with Crippen molar-refractivity contribution in [2.75, 3.05) is 20.3 Å². The molecule has 0 radical (unpaired) electrons. The van der Waals surface area contributed by atoms with Gasteiger partial charge in [0.25, 0.3) is 0 Å². The molecule has 1 saturated carbocycles. The third-order valence-electron chi connectivity index (χ3n) is 9.12. The SMILES string of the molecule is C=CC1C(OC2OC(CO)C34OC(CCO)=c5[n-]c(CC)cc5=C3CCC2(O)C4O)CC=C(C(=O)OC)C1CC(=O)O. The summed E-state index contributed by atoms with van der Waals surface area (Å²) in [5.74, 6) is -2.92. The molecule has 4 aliphatic rings. The molecule has 2 bridgehead atoms. The van der Waals surface area contributed by atoms with Crippen LogP contribution in [0.2, 0.25) is 0 Å². The monoisotopic (exact) mass is 588 g/mol. The molecule has 1 aromatic rings. The zero-order valence-electron chi connectivity index (χ0n) is 23.7. The number of rotatable bonds is 10. The number of aliphatic hydroxyl groups is 4. The molecule has 5 rings (SSSR count). The summed E-state index contributed by atoms with van der Waals surface area (Å²) in [4.78, 5) is 28.8. The molecule has 8 atom stereocenters. The van der Waals surface area contributed by atoms with Crippen molar-refractivity contribution in [2.45, 2.75) is 81.3 Å². The fraction of sp³-hybridized carbons (Fsp3) is 0.600. The lowest BCUT2D eigenvalue weighted by Crippen LogP contribution is -2.78. The molecule has 0 amide bonds. The Kier molecular flexibility index (Phi) is 8.40. The van der Waals surface area contributed by atoms with Crippen molar-refractivity contribution in [3.63, 3.8) is 0 Å². The Balaban J connectivity index is 1.53. The summed E-state index contributed by atoms with van der Waals surface area (Å²) < 4.78 is 23.8. The molecule has 2 fully saturated rings. The van der Waals surface area contributed by atoms with E-state index in [0.29, 0.717) is 23.1 Å². The topological polar surface area (TPSA) is 186 Å². The number of nitrogens with zero attached hydrogens (tertiary/aromatic N) is 1. The van der Waals surface area contributed by atoms with E-state index in [4.69, 9.17) is 18.9 Å². The molecule has 12 nitrogen and oxygen atoms in total. The molecule has 2 aliphatic heterocycles. The smallest absolute Gasteiger partial charge is 0.333 e. The lowest BCUT2D eigenvalue weighted by molar-refractivity contribution is -0.372. The average molecular weight is 589 g/mol. The Morgan fingerprint density at radius 3 is 2.69 bits per heavy atom. The van der Waals surface area contributed by atoms with Crippen molar-refractivity contribution < 1.29 is 54.1 Å². The first kappa shape index (κ1) is 30.5. The molecular weight excluding hydrogens is 550 g/mol. The quantitative estimate of drug-likeness (QED) is 0.166. The van der Waals surface area contributed by atoms with E-state index in [-0.39, 0.29) is 44.3 Å². The second-order valence-corrected chi connectivity index (χ2v) is 11.2. The number of aliphatic hydroxyl groups excluding tert-OH is 3. The molecule has 5 N–H and O–H groups in total. The summed E-state index contributed by atoms with van der Waals surface area (Å²) >= 11 is 0. The molecule has 2 aliphatic carbocycles. The predicted molar refractivity (Wildman–Crippen MR) is 146 cm³/mol. The molecule has 3 heterocycles. The Hall–Kier alpha value is -3.00. The summed E-state index contributed by atoms with van der Waals surface area (Å²) in [5, 5.41) is 55.1. The molecule has 230 valence electrons. The third kappa shape index (κ3) is 4.61. The van der Waals surface area contributed by atoms with E-state index in [1.807, 2.05) is 13.0 Å². The number of carbonyl (C=O) groups is 2. The Bertz CT molecular complexity index is 1400. The largest absolute Gasteiger partial charge is 0.658 e. The van der Waals surface area contributed by atoms with Crippen molar-refractivity contribution in [3.8, 4) is 0 Å². The van der Waals surface area contributed by atoms with Crippen LogP contribution in [-0.2, 0) is 35.0 Å². The fourth-order valence-corrected chi connectivity index (χ4v) is 7.08. The number of carboxylic acids is 1. The van der Waals surface area contributed by atoms with E-state index in [9.17, 15) is 35.1 Å². The molecule has 0 aromatic carbocycles. The number of esters is 1. The van der Waals surface area contributed by atoms with E-state index in [2.05, 4.69) is 11.6 Å². The number of ether oxygens (including phenoxy) is 4. The minimum Gasteiger partial charge on any atom is -0.658 e. The number of methoxy groups -OCH3 is 1. The van der Waals surface area contributed by atoms with Gasteiger partial charge in [0, 0.05) is 23.8 Å². The summed E-state index contributed by atoms with van der Waals surface area (Å²) in [5.41, 5.74) is -1.99. The predicted octanol–water partition coefficient (Wildman–Crippen LogP) is -0.999. The zero-order valence-corrected chi connectivity index (χ0v) is 23.7. The van der Waals surface area contributed by atoms with Crippen molar-refractivity contribution in [1.29, 1.82) is 0 Å². The number of aliphatic carboxylic acids is 1. The van der Waals surface area contributed by atoms with Gasteiger partial charge in [0.2, 0.25) is 0 Å². The molecule has 8 unspecified atom stereocenters. The van der Waals surface area contributed by atoms with E-state index < -0.39 is 66.2 Å². The summed E-state index contributed by atoms with van der Waals surface area (Å²) in [6.07, 6.45) is -1.07. The van der Waals surface area contributed by atoms with Gasteiger partial charge in [-0.15, -0.1) is 6.58 Å². The van der Waals surface area contributed by atoms with Gasteiger partial charge in [-0.05, 0) is 30.1 Å². The second-order valence-electron chi connectivity index (χ2n) is 11.2. The van der Waals surface area contributed by atoms with Gasteiger partial charge in [0.05, 0.1) is 38.6 Å². The van der Waals surface area contributed by atoms with Gasteiger partial charge in [-0.2, -0.15) is 5.69 Å². The van der Waals surface area contributed by atoms with Crippen molar-refractivity contribution in [1.82, 2.24) is 4.98 Å². The van der Waals surface area contributed by atoms with Crippen molar-refractivity contribution in [3.05, 3.63) is 46.6 Å². The Morgan fingerprint density at radius 2 is 2.07 bits per heavy atom. The summed E-state index contributed by atoms with van der Waals surface area (Å²) in [6.45, 7) is 4.98. The van der Waals surface area contributed by atoms with Crippen LogP contribution in [-0.4, -0.2) is 93.6 Å². The van der Waals surface area contributed by atoms with Crippen LogP contribution in [0.15, 0.2) is 30.4 Å². The summed E-state index contributed by atoms with van der Waals surface area (Å²) in [6, 6.07) is 1.91. The Labute approximate surface area is 242 Å². The maximum atomic E-state index is 12.4. The standard InChI is InChI=1S/C30H38NO11/c1-4-15-12-19-20-8-10-29(38)27(37)30(20,42-22(9-11-32)25(19)31-15)23(14-33)41-28(29)40-21-7-6-17(26(36)39-3)18(13-24(34)35)16(21)5-2/h5-6,12,16,18,21,23,27-28,32-33,37-38H,2,4,7-11,13-14H2,1,3H3,(H,34,35)/q-1. The van der Waals surface area contributed by atoms with Crippen LogP contribution in [0.4, 0.5) is 0 Å². The van der Waals surface area contributed by atoms with E-state index in [1.54, 1.807) is 6.08 Å². The number of aromatic nitrogens is 1. The highest BCUT2D eigenvalue weighted by atomic mass is 16.7. The lowest BCUT2D eigenvalue weighted by Gasteiger charge is -2.60. The summed E-state index contributed by atoms with van der Waals surface area (Å²) in [7, 11) is 1.22. The number of carbonyl (C=O) groups excluding carboxylic acids is 1. The molecule has 1 saturated heterocycles. The van der Waals surface area contributed by atoms with Gasteiger partial charge in [-0.3, -0.25) is 4.79 Å². The van der Waals surface area contributed by atoms with Gasteiger partial charge >= 0.3 is 11.9 Å². The fourth-order valence-electron chi connectivity index (χ4n) is 7.08. The van der Waals surface area contributed by atoms with Gasteiger partial charge in [-0.1, -0.05) is 36.9 Å². The minimum atomic E-state index is -1.98. The van der Waals surface area contributed by atoms with E-state index >= 15 is 0 Å². The van der Waals surface area contributed by atoms with Gasteiger partial charge in [-0.25, -0.2) is 4.79 Å². The van der Waals surface area contributed by atoms with Crippen molar-refractivity contribution >= 4 is 23.3 Å². The molecule has 12 heteroatoms. The highest BCUT2D eigenvalue weighted by molar-refractivity contribution is 5.90. The first-order valence-corrected chi connectivity index (χ1v) is 14.2. The molecular formula is C30H38NO11-. The zero-order chi connectivity index (χ0) is 30.4. The molecule has 1 aromatic heterocycles. The number of fused-ring (bicyclic) bond motifs is 2.